The van der Waals surface area contributed by atoms with Gasteiger partial charge >= 0.3 is 0 Å². The molecule has 0 spiro atoms. The average Bonchev–Trinajstić information content (AvgIpc) is 2.73. The molecule has 162 valence electrons. The molecule has 2 aromatic carbocycles. The van der Waals surface area contributed by atoms with Crippen LogP contribution in [-0.2, 0) is 11.3 Å². The summed E-state index contributed by atoms with van der Waals surface area (Å²) in [6, 6.07) is 12.3. The molecule has 0 N–H and O–H groups in total. The number of nitrogens with zero attached hydrogens (tertiary/aromatic N) is 3. The van der Waals surface area contributed by atoms with Gasteiger partial charge in [0.25, 0.3) is 0 Å². The first-order valence-electron chi connectivity index (χ1n) is 9.88. The fraction of sp³-hybridized carbons (Fsp3) is 0.409. The summed E-state index contributed by atoms with van der Waals surface area (Å²) in [6.07, 6.45) is 0. The minimum Gasteiger partial charge on any atom is -0.369 e. The number of benzene rings is 2. The van der Waals surface area contributed by atoms with Crippen molar-refractivity contribution in [2.24, 2.45) is 0 Å². The van der Waals surface area contributed by atoms with Gasteiger partial charge in [0.15, 0.2) is 0 Å². The first-order valence-corrected chi connectivity index (χ1v) is 11.8. The van der Waals surface area contributed by atoms with E-state index in [1.54, 1.807) is 11.8 Å². The van der Waals surface area contributed by atoms with E-state index >= 15 is 0 Å². The van der Waals surface area contributed by atoms with Gasteiger partial charge < -0.3 is 14.7 Å². The van der Waals surface area contributed by atoms with Crippen molar-refractivity contribution in [1.29, 1.82) is 0 Å². The lowest BCUT2D eigenvalue weighted by atomic mass is 10.0. The highest BCUT2D eigenvalue weighted by molar-refractivity contribution is 8.00. The summed E-state index contributed by atoms with van der Waals surface area (Å²) in [4.78, 5) is 19.1. The molecule has 1 amide bonds. The van der Waals surface area contributed by atoms with E-state index in [9.17, 15) is 4.79 Å². The number of thioether (sulfide) groups is 1. The van der Waals surface area contributed by atoms with E-state index in [2.05, 4.69) is 35.0 Å². The lowest BCUT2D eigenvalue weighted by Gasteiger charge is -2.36. The maximum atomic E-state index is 12.3. The molecule has 0 saturated carbocycles. The molecule has 2 saturated heterocycles. The third kappa shape index (κ3) is 5.38. The molecule has 30 heavy (non-hydrogen) atoms. The van der Waals surface area contributed by atoms with Gasteiger partial charge in [-0.25, -0.2) is 0 Å². The van der Waals surface area contributed by atoms with Crippen LogP contribution in [-0.4, -0.2) is 67.0 Å². The first kappa shape index (κ1) is 23.6. The minimum atomic E-state index is 0. The van der Waals surface area contributed by atoms with Crippen molar-refractivity contribution in [2.75, 3.05) is 56.2 Å². The van der Waals surface area contributed by atoms with Crippen LogP contribution in [0.4, 0.5) is 5.69 Å². The highest BCUT2D eigenvalue weighted by atomic mass is 35.5. The van der Waals surface area contributed by atoms with Crippen molar-refractivity contribution >= 4 is 59.0 Å². The Bertz CT molecular complexity index is 903. The quantitative estimate of drug-likeness (QED) is 0.613. The van der Waals surface area contributed by atoms with Crippen molar-refractivity contribution in [1.82, 2.24) is 9.80 Å². The predicted molar refractivity (Wildman–Crippen MR) is 132 cm³/mol. The van der Waals surface area contributed by atoms with E-state index in [1.807, 2.05) is 23.1 Å². The second-order valence-electron chi connectivity index (χ2n) is 7.63. The van der Waals surface area contributed by atoms with E-state index in [-0.39, 0.29) is 18.3 Å². The number of hydrogen-bond acceptors (Lipinski definition) is 4. The Morgan fingerprint density at radius 2 is 1.63 bits per heavy atom. The van der Waals surface area contributed by atoms with Gasteiger partial charge in [-0.3, -0.25) is 4.79 Å². The van der Waals surface area contributed by atoms with Crippen molar-refractivity contribution in [3.63, 3.8) is 0 Å². The van der Waals surface area contributed by atoms with E-state index in [1.165, 1.54) is 11.3 Å². The van der Waals surface area contributed by atoms with Crippen molar-refractivity contribution in [3.05, 3.63) is 52.0 Å². The van der Waals surface area contributed by atoms with Crippen molar-refractivity contribution in [2.45, 2.75) is 6.54 Å². The number of carbonyl (C=O) groups is 1. The summed E-state index contributed by atoms with van der Waals surface area (Å²) < 4.78 is 0. The molecule has 8 heteroatoms. The zero-order chi connectivity index (χ0) is 20.4. The van der Waals surface area contributed by atoms with Crippen LogP contribution in [0.5, 0.6) is 0 Å². The SMILES string of the molecule is CN1CCN(c2cc(-c3ccc(Cl)c(Cl)c3)ccc2CN2CCSCC2=O)CC1.Cl. The second kappa shape index (κ2) is 10.5. The summed E-state index contributed by atoms with van der Waals surface area (Å²) in [6.45, 7) is 5.53. The Hall–Kier alpha value is -1.11. The number of hydrogen-bond donors (Lipinski definition) is 0. The second-order valence-corrected chi connectivity index (χ2v) is 9.55. The van der Waals surface area contributed by atoms with Gasteiger partial charge in [0.05, 0.1) is 15.8 Å². The maximum Gasteiger partial charge on any atom is 0.232 e. The fourth-order valence-corrected chi connectivity index (χ4v) is 4.97. The fourth-order valence-electron chi connectivity index (χ4n) is 3.82. The molecule has 0 atom stereocenters. The van der Waals surface area contributed by atoms with E-state index in [4.69, 9.17) is 23.2 Å². The van der Waals surface area contributed by atoms with Gasteiger partial charge in [-0.1, -0.05) is 41.4 Å². The zero-order valence-electron chi connectivity index (χ0n) is 16.9. The van der Waals surface area contributed by atoms with Crippen LogP contribution < -0.4 is 4.90 Å². The largest absolute Gasteiger partial charge is 0.369 e. The molecular formula is C22H26Cl3N3OS. The van der Waals surface area contributed by atoms with Gasteiger partial charge in [0.2, 0.25) is 5.91 Å². The molecule has 0 aromatic heterocycles. The lowest BCUT2D eigenvalue weighted by molar-refractivity contribution is -0.129. The van der Waals surface area contributed by atoms with Crippen molar-refractivity contribution < 1.29 is 4.79 Å². The number of amides is 1. The number of piperazine rings is 1. The van der Waals surface area contributed by atoms with Crippen LogP contribution in [0.2, 0.25) is 10.0 Å². The van der Waals surface area contributed by atoms with Gasteiger partial charge in [0, 0.05) is 50.7 Å². The monoisotopic (exact) mass is 485 g/mol. The smallest absolute Gasteiger partial charge is 0.232 e. The van der Waals surface area contributed by atoms with Crippen molar-refractivity contribution in [3.8, 4) is 11.1 Å². The molecule has 2 aliphatic rings. The van der Waals surface area contributed by atoms with Crippen LogP contribution in [0.25, 0.3) is 11.1 Å². The molecule has 2 aliphatic heterocycles. The van der Waals surface area contributed by atoms with Crippen LogP contribution in [0.15, 0.2) is 36.4 Å². The Morgan fingerprint density at radius 3 is 2.33 bits per heavy atom. The lowest BCUT2D eigenvalue weighted by Crippen LogP contribution is -2.45. The van der Waals surface area contributed by atoms with Crippen LogP contribution in [0.3, 0.4) is 0 Å². The normalized spacial score (nSPS) is 17.8. The molecule has 2 fully saturated rings. The van der Waals surface area contributed by atoms with Crippen LogP contribution in [0.1, 0.15) is 5.56 Å². The molecule has 0 aliphatic carbocycles. The Morgan fingerprint density at radius 1 is 0.933 bits per heavy atom. The highest BCUT2D eigenvalue weighted by Gasteiger charge is 2.23. The van der Waals surface area contributed by atoms with Crippen LogP contribution in [0, 0.1) is 0 Å². The Labute approximate surface area is 198 Å². The number of likely N-dealkylation sites (N-methyl/N-ethyl adjacent to an activating group) is 1. The van der Waals surface area contributed by atoms with Crippen LogP contribution >= 0.6 is 47.4 Å². The number of anilines is 1. The molecule has 2 heterocycles. The number of rotatable bonds is 4. The van der Waals surface area contributed by atoms with Gasteiger partial charge in [0.1, 0.15) is 0 Å². The highest BCUT2D eigenvalue weighted by Crippen LogP contribution is 2.33. The van der Waals surface area contributed by atoms with E-state index in [0.29, 0.717) is 22.3 Å². The number of carbonyl (C=O) groups excluding carboxylic acids is 1. The number of halogens is 3. The van der Waals surface area contributed by atoms with Gasteiger partial charge in [-0.2, -0.15) is 11.8 Å². The van der Waals surface area contributed by atoms with Gasteiger partial charge in [-0.05, 0) is 41.9 Å². The summed E-state index contributed by atoms with van der Waals surface area (Å²) >= 11 is 14.1. The summed E-state index contributed by atoms with van der Waals surface area (Å²) in [7, 11) is 2.16. The molecule has 4 rings (SSSR count). The molecule has 0 unspecified atom stereocenters. The zero-order valence-corrected chi connectivity index (χ0v) is 20.1. The van der Waals surface area contributed by atoms with E-state index in [0.717, 1.165) is 49.6 Å². The third-order valence-corrected chi connectivity index (χ3v) is 7.29. The maximum absolute atomic E-state index is 12.3. The third-order valence-electron chi connectivity index (χ3n) is 5.63. The first-order chi connectivity index (χ1) is 14.0. The molecule has 4 nitrogen and oxygen atoms in total. The molecule has 0 bridgehead atoms. The van der Waals surface area contributed by atoms with E-state index < -0.39 is 0 Å². The Kier molecular flexibility index (Phi) is 8.22. The predicted octanol–water partition coefficient (Wildman–Crippen LogP) is 4.91. The molecule has 0 radical (unpaired) electrons. The molecule has 2 aromatic rings. The van der Waals surface area contributed by atoms with Gasteiger partial charge in [-0.15, -0.1) is 12.4 Å². The minimum absolute atomic E-state index is 0. The summed E-state index contributed by atoms with van der Waals surface area (Å²) in [5.74, 6) is 1.83. The average molecular weight is 487 g/mol. The molecular weight excluding hydrogens is 461 g/mol. The summed E-state index contributed by atoms with van der Waals surface area (Å²) in [5.41, 5.74) is 4.58. The standard InChI is InChI=1S/C22H25Cl2N3OS.ClH/c1-25-6-8-26(9-7-25)21-13-17(16-4-5-19(23)20(24)12-16)2-3-18(21)14-27-10-11-29-15-22(27)28;/h2-5,12-13H,6-11,14-15H2,1H3;1H. The summed E-state index contributed by atoms with van der Waals surface area (Å²) in [5, 5.41) is 1.12. The Balaban J connectivity index is 0.00000256. The topological polar surface area (TPSA) is 26.8 Å².